The lowest BCUT2D eigenvalue weighted by atomic mass is 10.1. The van der Waals surface area contributed by atoms with Gasteiger partial charge in [-0.05, 0) is 42.8 Å². The Labute approximate surface area is 133 Å². The monoisotopic (exact) mass is 312 g/mol. The smallest absolute Gasteiger partial charge is 0.280 e. The molecular weight excluding hydrogens is 300 g/mol. The van der Waals surface area contributed by atoms with Gasteiger partial charge in [0.15, 0.2) is 0 Å². The maximum absolute atomic E-state index is 12.5. The Bertz CT molecular complexity index is 798. The summed E-state index contributed by atoms with van der Waals surface area (Å²) in [5.74, 6) is -0.175. The van der Waals surface area contributed by atoms with Gasteiger partial charge in [-0.2, -0.15) is 10.1 Å². The number of amides is 1. The van der Waals surface area contributed by atoms with E-state index in [-0.39, 0.29) is 16.7 Å². The maximum atomic E-state index is 12.5. The minimum atomic E-state index is -0.187. The summed E-state index contributed by atoms with van der Waals surface area (Å²) in [6.07, 6.45) is 1.72. The van der Waals surface area contributed by atoms with Gasteiger partial charge in [-0.15, -0.1) is 0 Å². The van der Waals surface area contributed by atoms with E-state index in [1.54, 1.807) is 25.1 Å². The van der Waals surface area contributed by atoms with Crippen molar-refractivity contribution >= 4 is 35.0 Å². The molecule has 0 fully saturated rings. The zero-order valence-corrected chi connectivity index (χ0v) is 12.6. The van der Waals surface area contributed by atoms with Gasteiger partial charge in [-0.25, -0.2) is 0 Å². The van der Waals surface area contributed by atoms with Gasteiger partial charge in [-0.1, -0.05) is 35.9 Å². The minimum absolute atomic E-state index is 0.0119. The molecule has 3 rings (SSSR count). The highest BCUT2D eigenvalue weighted by Gasteiger charge is 2.28. The van der Waals surface area contributed by atoms with Gasteiger partial charge in [0.1, 0.15) is 5.75 Å². The van der Waals surface area contributed by atoms with Crippen molar-refractivity contribution < 1.29 is 9.90 Å². The molecule has 2 aromatic carbocycles. The summed E-state index contributed by atoms with van der Waals surface area (Å²) in [4.78, 5) is 12.5. The van der Waals surface area contributed by atoms with E-state index in [1.165, 1.54) is 11.1 Å². The van der Waals surface area contributed by atoms with Gasteiger partial charge in [0.05, 0.1) is 22.0 Å². The average Bonchev–Trinajstić information content (AvgIpc) is 2.80. The number of hydrogen-bond donors (Lipinski definition) is 1. The quantitative estimate of drug-likeness (QED) is 0.856. The van der Waals surface area contributed by atoms with Crippen LogP contribution in [0.2, 0.25) is 5.02 Å². The SMILES string of the molecule is CC1=NN(c2ccccc2)C(=O)C1=Cc1ccc(O)c(Cl)c1. The standard InChI is InChI=1S/C17H13ClN2O2/c1-11-14(9-12-7-8-16(21)15(18)10-12)17(22)20(19-11)13-5-3-2-4-6-13/h2-10,21H,1H3. The number of hydrazone groups is 1. The molecular formula is C17H13ClN2O2. The number of rotatable bonds is 2. The number of phenols is 1. The zero-order valence-electron chi connectivity index (χ0n) is 11.8. The van der Waals surface area contributed by atoms with Crippen LogP contribution in [-0.2, 0) is 4.79 Å². The molecule has 0 bridgehead atoms. The van der Waals surface area contributed by atoms with Crippen molar-refractivity contribution in [3.63, 3.8) is 0 Å². The molecule has 0 radical (unpaired) electrons. The van der Waals surface area contributed by atoms with E-state index >= 15 is 0 Å². The number of anilines is 1. The molecule has 0 saturated carbocycles. The van der Waals surface area contributed by atoms with Crippen molar-refractivity contribution in [3.8, 4) is 5.75 Å². The van der Waals surface area contributed by atoms with Crippen molar-refractivity contribution in [1.82, 2.24) is 0 Å². The van der Waals surface area contributed by atoms with Crippen LogP contribution in [0.4, 0.5) is 5.69 Å². The molecule has 1 amide bonds. The van der Waals surface area contributed by atoms with E-state index in [0.29, 0.717) is 11.3 Å². The van der Waals surface area contributed by atoms with Crippen LogP contribution in [0.15, 0.2) is 59.2 Å². The van der Waals surface area contributed by atoms with E-state index in [1.807, 2.05) is 30.3 Å². The number of phenolic OH excluding ortho intramolecular Hbond substituents is 1. The Morgan fingerprint density at radius 3 is 2.59 bits per heavy atom. The Balaban J connectivity index is 1.96. The third kappa shape index (κ3) is 2.61. The molecule has 110 valence electrons. The Morgan fingerprint density at radius 2 is 1.91 bits per heavy atom. The predicted octanol–water partition coefficient (Wildman–Crippen LogP) is 3.85. The van der Waals surface area contributed by atoms with Crippen LogP contribution in [0.3, 0.4) is 0 Å². The number of hydrogen-bond acceptors (Lipinski definition) is 3. The first kappa shape index (κ1) is 14.4. The van der Waals surface area contributed by atoms with Crippen molar-refractivity contribution in [1.29, 1.82) is 0 Å². The lowest BCUT2D eigenvalue weighted by Crippen LogP contribution is -2.21. The third-order valence-corrected chi connectivity index (χ3v) is 3.65. The summed E-state index contributed by atoms with van der Waals surface area (Å²) in [5, 5.41) is 15.4. The van der Waals surface area contributed by atoms with E-state index in [0.717, 1.165) is 11.3 Å². The molecule has 0 aliphatic carbocycles. The fraction of sp³-hybridized carbons (Fsp3) is 0.0588. The summed E-state index contributed by atoms with van der Waals surface area (Å²) < 4.78 is 0. The van der Waals surface area contributed by atoms with Gasteiger partial charge in [0.25, 0.3) is 5.91 Å². The van der Waals surface area contributed by atoms with Crippen LogP contribution >= 0.6 is 11.6 Å². The van der Waals surface area contributed by atoms with Crippen molar-refractivity contribution in [3.05, 3.63) is 64.7 Å². The molecule has 1 N–H and O–H groups in total. The third-order valence-electron chi connectivity index (χ3n) is 3.35. The fourth-order valence-electron chi connectivity index (χ4n) is 2.21. The summed E-state index contributed by atoms with van der Waals surface area (Å²) >= 11 is 5.89. The second-order valence-corrected chi connectivity index (χ2v) is 5.31. The first-order valence-electron chi connectivity index (χ1n) is 6.71. The molecule has 1 heterocycles. The molecule has 0 spiro atoms. The molecule has 22 heavy (non-hydrogen) atoms. The Kier molecular flexibility index (Phi) is 3.69. The van der Waals surface area contributed by atoms with Crippen molar-refractivity contribution in [2.75, 3.05) is 5.01 Å². The minimum Gasteiger partial charge on any atom is -0.506 e. The average molecular weight is 313 g/mol. The van der Waals surface area contributed by atoms with E-state index in [2.05, 4.69) is 5.10 Å². The number of aromatic hydroxyl groups is 1. The van der Waals surface area contributed by atoms with Crippen LogP contribution in [0, 0.1) is 0 Å². The maximum Gasteiger partial charge on any atom is 0.280 e. The highest BCUT2D eigenvalue weighted by Crippen LogP contribution is 2.27. The van der Waals surface area contributed by atoms with Crippen molar-refractivity contribution in [2.45, 2.75) is 6.92 Å². The predicted molar refractivity (Wildman–Crippen MR) is 88.1 cm³/mol. The number of carbonyl (C=O) groups excluding carboxylic acids is 1. The normalized spacial score (nSPS) is 16.3. The second kappa shape index (κ2) is 5.66. The summed E-state index contributed by atoms with van der Waals surface area (Å²) in [6, 6.07) is 14.1. The topological polar surface area (TPSA) is 52.9 Å². The largest absolute Gasteiger partial charge is 0.506 e. The number of carbonyl (C=O) groups is 1. The molecule has 4 nitrogen and oxygen atoms in total. The van der Waals surface area contributed by atoms with Crippen LogP contribution in [0.1, 0.15) is 12.5 Å². The number of benzene rings is 2. The highest BCUT2D eigenvalue weighted by molar-refractivity contribution is 6.33. The van der Waals surface area contributed by atoms with Gasteiger partial charge in [-0.3, -0.25) is 4.79 Å². The molecule has 5 heteroatoms. The molecule has 2 aromatic rings. The van der Waals surface area contributed by atoms with Crippen LogP contribution in [0.25, 0.3) is 6.08 Å². The number of nitrogens with zero attached hydrogens (tertiary/aromatic N) is 2. The first-order chi connectivity index (χ1) is 10.6. The second-order valence-electron chi connectivity index (χ2n) is 4.91. The van der Waals surface area contributed by atoms with Gasteiger partial charge in [0, 0.05) is 0 Å². The zero-order chi connectivity index (χ0) is 15.7. The van der Waals surface area contributed by atoms with Crippen LogP contribution < -0.4 is 5.01 Å². The summed E-state index contributed by atoms with van der Waals surface area (Å²) in [6.45, 7) is 1.79. The fourth-order valence-corrected chi connectivity index (χ4v) is 2.40. The number of para-hydroxylation sites is 1. The lowest BCUT2D eigenvalue weighted by molar-refractivity contribution is -0.114. The summed E-state index contributed by atoms with van der Waals surface area (Å²) in [5.41, 5.74) is 2.60. The molecule has 0 saturated heterocycles. The lowest BCUT2D eigenvalue weighted by Gasteiger charge is -2.11. The molecule has 0 unspecified atom stereocenters. The van der Waals surface area contributed by atoms with Crippen molar-refractivity contribution in [2.24, 2.45) is 5.10 Å². The Hall–Kier alpha value is -2.59. The van der Waals surface area contributed by atoms with E-state index in [4.69, 9.17) is 11.6 Å². The number of halogens is 1. The molecule has 1 aliphatic heterocycles. The van der Waals surface area contributed by atoms with E-state index < -0.39 is 0 Å². The first-order valence-corrected chi connectivity index (χ1v) is 7.09. The molecule has 0 atom stereocenters. The van der Waals surface area contributed by atoms with Gasteiger partial charge >= 0.3 is 0 Å². The van der Waals surface area contributed by atoms with Gasteiger partial charge in [0.2, 0.25) is 0 Å². The molecule has 1 aliphatic rings. The highest BCUT2D eigenvalue weighted by atomic mass is 35.5. The Morgan fingerprint density at radius 1 is 1.18 bits per heavy atom. The van der Waals surface area contributed by atoms with Gasteiger partial charge < -0.3 is 5.11 Å². The van der Waals surface area contributed by atoms with Crippen LogP contribution in [-0.4, -0.2) is 16.7 Å². The summed E-state index contributed by atoms with van der Waals surface area (Å²) in [7, 11) is 0. The van der Waals surface area contributed by atoms with Crippen LogP contribution in [0.5, 0.6) is 5.75 Å². The van der Waals surface area contributed by atoms with E-state index in [9.17, 15) is 9.90 Å². The molecule has 0 aromatic heterocycles.